The van der Waals surface area contributed by atoms with E-state index in [0.29, 0.717) is 13.1 Å². The Balaban J connectivity index is 1.86. The molecule has 0 radical (unpaired) electrons. The van der Waals surface area contributed by atoms with Crippen molar-refractivity contribution in [3.05, 3.63) is 24.3 Å². The normalized spacial score (nSPS) is 18.6. The Bertz CT molecular complexity index is 517. The van der Waals surface area contributed by atoms with Gasteiger partial charge in [0.1, 0.15) is 5.75 Å². The number of amides is 1. The van der Waals surface area contributed by atoms with Gasteiger partial charge in [0, 0.05) is 31.2 Å². The van der Waals surface area contributed by atoms with Crippen LogP contribution in [0.2, 0.25) is 0 Å². The highest BCUT2D eigenvalue weighted by Gasteiger charge is 2.30. The van der Waals surface area contributed by atoms with Gasteiger partial charge in [-0.05, 0) is 37.1 Å². The first kappa shape index (κ1) is 17.4. The first-order chi connectivity index (χ1) is 10.9. The minimum Gasteiger partial charge on any atom is -0.497 e. The molecule has 1 aliphatic rings. The number of hydrogen-bond acceptors (Lipinski definition) is 3. The Morgan fingerprint density at radius 3 is 2.65 bits per heavy atom. The number of ether oxygens (including phenoxy) is 1. The number of likely N-dealkylation sites (tertiary alicyclic amines) is 1. The summed E-state index contributed by atoms with van der Waals surface area (Å²) in [5, 5.41) is 3.32. The number of carbonyl (C=O) groups excluding carboxylic acids is 1. The van der Waals surface area contributed by atoms with Gasteiger partial charge in [-0.25, -0.2) is 0 Å². The van der Waals surface area contributed by atoms with Crippen molar-refractivity contribution in [3.63, 3.8) is 0 Å². The van der Waals surface area contributed by atoms with E-state index in [9.17, 15) is 18.0 Å². The molecule has 0 bridgehead atoms. The monoisotopic (exact) mass is 330 g/mol. The van der Waals surface area contributed by atoms with Crippen LogP contribution < -0.4 is 10.1 Å². The highest BCUT2D eigenvalue weighted by Crippen LogP contribution is 2.23. The van der Waals surface area contributed by atoms with Gasteiger partial charge in [0.25, 0.3) is 0 Å². The second-order valence-electron chi connectivity index (χ2n) is 5.67. The van der Waals surface area contributed by atoms with Crippen LogP contribution >= 0.6 is 0 Å². The van der Waals surface area contributed by atoms with Crippen molar-refractivity contribution in [1.82, 2.24) is 4.90 Å². The SMILES string of the molecule is COc1ccc(N[C@H]2CCCN(C(=O)CCC(F)(F)F)C2)cc1. The van der Waals surface area contributed by atoms with E-state index < -0.39 is 24.9 Å². The van der Waals surface area contributed by atoms with Gasteiger partial charge in [-0.2, -0.15) is 13.2 Å². The van der Waals surface area contributed by atoms with E-state index in [1.807, 2.05) is 24.3 Å². The minimum atomic E-state index is -4.29. The van der Waals surface area contributed by atoms with Crippen LogP contribution in [0.15, 0.2) is 24.3 Å². The molecular weight excluding hydrogens is 309 g/mol. The lowest BCUT2D eigenvalue weighted by molar-refractivity contribution is -0.149. The van der Waals surface area contributed by atoms with E-state index >= 15 is 0 Å². The molecule has 1 N–H and O–H groups in total. The molecule has 0 aliphatic carbocycles. The first-order valence-corrected chi connectivity index (χ1v) is 7.62. The molecule has 4 nitrogen and oxygen atoms in total. The van der Waals surface area contributed by atoms with Gasteiger partial charge in [-0.1, -0.05) is 0 Å². The Morgan fingerprint density at radius 1 is 1.35 bits per heavy atom. The van der Waals surface area contributed by atoms with Crippen LogP contribution in [0.5, 0.6) is 5.75 Å². The van der Waals surface area contributed by atoms with Crippen molar-refractivity contribution in [2.24, 2.45) is 0 Å². The molecule has 1 aromatic carbocycles. The predicted octanol–water partition coefficient (Wildman–Crippen LogP) is 3.44. The van der Waals surface area contributed by atoms with Crippen LogP contribution in [-0.4, -0.2) is 43.2 Å². The van der Waals surface area contributed by atoms with Crippen molar-refractivity contribution in [1.29, 1.82) is 0 Å². The van der Waals surface area contributed by atoms with Gasteiger partial charge in [0.2, 0.25) is 5.91 Å². The molecule has 1 fully saturated rings. The maximum absolute atomic E-state index is 12.2. The zero-order valence-electron chi connectivity index (χ0n) is 13.0. The third kappa shape index (κ3) is 5.65. The van der Waals surface area contributed by atoms with Crippen LogP contribution in [0.1, 0.15) is 25.7 Å². The summed E-state index contributed by atoms with van der Waals surface area (Å²) in [5.41, 5.74) is 0.903. The zero-order valence-corrected chi connectivity index (χ0v) is 13.0. The highest BCUT2D eigenvalue weighted by atomic mass is 19.4. The average Bonchev–Trinajstić information content (AvgIpc) is 2.53. The number of piperidine rings is 1. The molecule has 128 valence electrons. The number of nitrogens with one attached hydrogen (secondary N) is 1. The first-order valence-electron chi connectivity index (χ1n) is 7.62. The molecule has 0 spiro atoms. The fourth-order valence-corrected chi connectivity index (χ4v) is 2.65. The van der Waals surface area contributed by atoms with Gasteiger partial charge < -0.3 is 15.0 Å². The summed E-state index contributed by atoms with van der Waals surface area (Å²) in [6.45, 7) is 0.959. The fraction of sp³-hybridized carbons (Fsp3) is 0.562. The molecule has 0 unspecified atom stereocenters. The second kappa shape index (κ2) is 7.57. The van der Waals surface area contributed by atoms with E-state index in [2.05, 4.69) is 5.32 Å². The fourth-order valence-electron chi connectivity index (χ4n) is 2.65. The Kier molecular flexibility index (Phi) is 5.74. The van der Waals surface area contributed by atoms with Gasteiger partial charge >= 0.3 is 6.18 Å². The lowest BCUT2D eigenvalue weighted by Crippen LogP contribution is -2.45. The molecule has 2 rings (SSSR count). The van der Waals surface area contributed by atoms with E-state index in [4.69, 9.17) is 4.74 Å². The van der Waals surface area contributed by atoms with Crippen molar-refractivity contribution in [2.45, 2.75) is 37.9 Å². The average molecular weight is 330 g/mol. The topological polar surface area (TPSA) is 41.6 Å². The molecule has 0 saturated carbocycles. The molecule has 1 saturated heterocycles. The van der Waals surface area contributed by atoms with E-state index in [1.54, 1.807) is 7.11 Å². The molecule has 1 amide bonds. The summed E-state index contributed by atoms with van der Waals surface area (Å²) in [6.07, 6.45) is -4.15. The summed E-state index contributed by atoms with van der Waals surface area (Å²) < 4.78 is 41.7. The number of rotatable bonds is 5. The number of alkyl halides is 3. The van der Waals surface area contributed by atoms with Gasteiger partial charge in [0.15, 0.2) is 0 Å². The van der Waals surface area contributed by atoms with Crippen molar-refractivity contribution >= 4 is 11.6 Å². The van der Waals surface area contributed by atoms with Crippen LogP contribution in [0.25, 0.3) is 0 Å². The Morgan fingerprint density at radius 2 is 2.04 bits per heavy atom. The number of halogens is 3. The van der Waals surface area contributed by atoms with Crippen LogP contribution in [0.4, 0.5) is 18.9 Å². The summed E-state index contributed by atoms with van der Waals surface area (Å²) in [6, 6.07) is 7.47. The number of anilines is 1. The third-order valence-corrected chi connectivity index (χ3v) is 3.86. The molecule has 1 aromatic rings. The number of hydrogen-bond donors (Lipinski definition) is 1. The second-order valence-corrected chi connectivity index (χ2v) is 5.67. The molecule has 1 heterocycles. The number of carbonyl (C=O) groups is 1. The standard InChI is InChI=1S/C16H21F3N2O2/c1-23-14-6-4-12(5-7-14)20-13-3-2-10-21(11-13)15(22)8-9-16(17,18)19/h4-7,13,20H,2-3,8-11H2,1H3/t13-/m0/s1. The molecule has 23 heavy (non-hydrogen) atoms. The van der Waals surface area contributed by atoms with E-state index in [-0.39, 0.29) is 6.04 Å². The highest BCUT2D eigenvalue weighted by molar-refractivity contribution is 5.76. The summed E-state index contributed by atoms with van der Waals surface area (Å²) >= 11 is 0. The number of methoxy groups -OCH3 is 1. The summed E-state index contributed by atoms with van der Waals surface area (Å²) in [7, 11) is 1.59. The lowest BCUT2D eigenvalue weighted by Gasteiger charge is -2.34. The third-order valence-electron chi connectivity index (χ3n) is 3.86. The van der Waals surface area contributed by atoms with Crippen molar-refractivity contribution in [3.8, 4) is 5.75 Å². The van der Waals surface area contributed by atoms with Crippen LogP contribution in [-0.2, 0) is 4.79 Å². The quantitative estimate of drug-likeness (QED) is 0.899. The maximum Gasteiger partial charge on any atom is 0.389 e. The minimum absolute atomic E-state index is 0.0481. The molecule has 0 aromatic heterocycles. The van der Waals surface area contributed by atoms with Crippen LogP contribution in [0, 0.1) is 0 Å². The number of benzene rings is 1. The molecule has 1 aliphatic heterocycles. The van der Waals surface area contributed by atoms with E-state index in [1.165, 1.54) is 4.90 Å². The molecule has 7 heteroatoms. The maximum atomic E-state index is 12.2. The zero-order chi connectivity index (χ0) is 16.9. The smallest absolute Gasteiger partial charge is 0.389 e. The van der Waals surface area contributed by atoms with E-state index in [0.717, 1.165) is 24.3 Å². The lowest BCUT2D eigenvalue weighted by atomic mass is 10.0. The number of nitrogens with zero attached hydrogens (tertiary/aromatic N) is 1. The summed E-state index contributed by atoms with van der Waals surface area (Å²) in [4.78, 5) is 13.4. The molecular formula is C16H21F3N2O2. The van der Waals surface area contributed by atoms with Gasteiger partial charge in [-0.15, -0.1) is 0 Å². The molecule has 1 atom stereocenters. The largest absolute Gasteiger partial charge is 0.497 e. The van der Waals surface area contributed by atoms with Crippen LogP contribution in [0.3, 0.4) is 0 Å². The van der Waals surface area contributed by atoms with Crippen molar-refractivity contribution < 1.29 is 22.7 Å². The Hall–Kier alpha value is -1.92. The van der Waals surface area contributed by atoms with Gasteiger partial charge in [-0.3, -0.25) is 4.79 Å². The van der Waals surface area contributed by atoms with Gasteiger partial charge in [0.05, 0.1) is 13.5 Å². The van der Waals surface area contributed by atoms with Crippen molar-refractivity contribution in [2.75, 3.05) is 25.5 Å². The predicted molar refractivity (Wildman–Crippen MR) is 81.5 cm³/mol. The Labute approximate surface area is 133 Å². The summed E-state index contributed by atoms with van der Waals surface area (Å²) in [5.74, 6) is 0.326.